The van der Waals surface area contributed by atoms with Crippen LogP contribution in [-0.4, -0.2) is 66.4 Å². The lowest BCUT2D eigenvalue weighted by Gasteiger charge is -2.21. The molecule has 0 saturated carbocycles. The molecule has 3 heterocycles. The second-order valence-corrected chi connectivity index (χ2v) is 6.83. The molecule has 25 heavy (non-hydrogen) atoms. The highest BCUT2D eigenvalue weighted by molar-refractivity contribution is 7.49. The molecule has 0 aromatic carbocycles. The average Bonchev–Trinajstić information content (AvgIpc) is 3.02. The smallest absolute Gasteiger partial charge is 0.387 e. The third-order valence-corrected chi connectivity index (χ3v) is 4.38. The number of methoxy groups -OCH3 is 1. The van der Waals surface area contributed by atoms with Crippen LogP contribution < -0.4 is 16.4 Å². The Kier molecular flexibility index (Phi) is 4.64. The third kappa shape index (κ3) is 3.43. The van der Waals surface area contributed by atoms with Gasteiger partial charge in [0.05, 0.1) is 19.0 Å². The first-order valence-electron chi connectivity index (χ1n) is 7.09. The largest absolute Gasteiger partial charge is 0.400 e. The number of H-pyrrole nitrogens is 1. The Morgan fingerprint density at radius 1 is 1.56 bits per heavy atom. The molecule has 13 nitrogen and oxygen atoms in total. The molecule has 0 radical (unpaired) electrons. The van der Waals surface area contributed by atoms with E-state index < -0.39 is 37.8 Å². The van der Waals surface area contributed by atoms with E-state index in [1.807, 2.05) is 5.09 Å². The molecule has 14 heteroatoms. The molecule has 0 bridgehead atoms. The van der Waals surface area contributed by atoms with Crippen LogP contribution in [0, 0.1) is 0 Å². The summed E-state index contributed by atoms with van der Waals surface area (Å²) < 4.78 is 23.2. The van der Waals surface area contributed by atoms with E-state index in [1.165, 1.54) is 18.0 Å². The molecule has 0 spiro atoms. The quantitative estimate of drug-likeness (QED) is 0.306. The minimum Gasteiger partial charge on any atom is -0.387 e. The lowest BCUT2D eigenvalue weighted by Crippen LogP contribution is -2.44. The molecule has 3 rings (SSSR count). The maximum Gasteiger partial charge on any atom is 0.400 e. The molecule has 2 aromatic heterocycles. The van der Waals surface area contributed by atoms with Gasteiger partial charge in [-0.05, 0) is 0 Å². The highest BCUT2D eigenvalue weighted by atomic mass is 31.2. The standard InChI is InChI=1S/C11H17N6O7P/c1-23-2-4-5(16-25(20,21)22)7(18)10(24-4)17-3-13-6-8(17)14-11(12)15-9(6)19/h3-5,7,10,18H,2H2,1H3,(H3,12,14,15,19)(H3,16,20,21,22)/t4-,5-,7-,10-/m1/s1. The molecule has 1 fully saturated rings. The fourth-order valence-electron chi connectivity index (χ4n) is 2.76. The first-order valence-corrected chi connectivity index (χ1v) is 8.70. The van der Waals surface area contributed by atoms with Crippen molar-refractivity contribution in [2.24, 2.45) is 0 Å². The molecular weight excluding hydrogens is 359 g/mol. The van der Waals surface area contributed by atoms with Gasteiger partial charge in [-0.15, -0.1) is 0 Å². The lowest BCUT2D eigenvalue weighted by atomic mass is 10.1. The summed E-state index contributed by atoms with van der Waals surface area (Å²) in [5.74, 6) is -0.148. The molecule has 1 aliphatic heterocycles. The van der Waals surface area contributed by atoms with Crippen LogP contribution in [0.25, 0.3) is 11.2 Å². The summed E-state index contributed by atoms with van der Waals surface area (Å²) in [7, 11) is -3.26. The predicted octanol–water partition coefficient (Wildman–Crippen LogP) is -2.34. The number of nitrogen functional groups attached to an aromatic ring is 1. The zero-order valence-corrected chi connectivity index (χ0v) is 13.8. The number of aliphatic hydroxyl groups is 1. The van der Waals surface area contributed by atoms with Crippen molar-refractivity contribution in [1.29, 1.82) is 0 Å². The molecule has 138 valence electrons. The summed E-state index contributed by atoms with van der Waals surface area (Å²) in [6.45, 7) is -0.0337. The van der Waals surface area contributed by atoms with E-state index in [0.717, 1.165) is 0 Å². The molecule has 1 aliphatic rings. The predicted molar refractivity (Wildman–Crippen MR) is 83.3 cm³/mol. The zero-order chi connectivity index (χ0) is 18.4. The fraction of sp³-hybridized carbons (Fsp3) is 0.545. The van der Waals surface area contributed by atoms with Crippen LogP contribution in [-0.2, 0) is 14.0 Å². The number of imidazole rings is 1. The van der Waals surface area contributed by atoms with Crippen LogP contribution in [0.4, 0.5) is 5.95 Å². The summed E-state index contributed by atoms with van der Waals surface area (Å²) in [6.07, 6.45) is -2.13. The first-order chi connectivity index (χ1) is 11.7. The number of fused-ring (bicyclic) bond motifs is 1. The van der Waals surface area contributed by atoms with Crippen LogP contribution >= 0.6 is 7.75 Å². The average molecular weight is 376 g/mol. The van der Waals surface area contributed by atoms with Crippen molar-refractivity contribution in [3.05, 3.63) is 16.7 Å². The Morgan fingerprint density at radius 3 is 2.92 bits per heavy atom. The van der Waals surface area contributed by atoms with Gasteiger partial charge < -0.3 is 30.1 Å². The second-order valence-electron chi connectivity index (χ2n) is 5.49. The van der Waals surface area contributed by atoms with Crippen molar-refractivity contribution in [3.63, 3.8) is 0 Å². The number of anilines is 1. The number of hydrogen-bond donors (Lipinski definition) is 6. The summed E-state index contributed by atoms with van der Waals surface area (Å²) in [5, 5.41) is 12.5. The number of aromatic amines is 1. The van der Waals surface area contributed by atoms with Gasteiger partial charge >= 0.3 is 7.75 Å². The number of hydrogen-bond acceptors (Lipinski definition) is 8. The molecule has 2 aromatic rings. The second kappa shape index (κ2) is 6.46. The van der Waals surface area contributed by atoms with Crippen LogP contribution in [0.15, 0.2) is 11.1 Å². The van der Waals surface area contributed by atoms with E-state index in [-0.39, 0.29) is 23.7 Å². The van der Waals surface area contributed by atoms with E-state index in [4.69, 9.17) is 25.0 Å². The minimum absolute atomic E-state index is 0.0142. The maximum absolute atomic E-state index is 11.8. The van der Waals surface area contributed by atoms with E-state index in [0.29, 0.717) is 0 Å². The number of nitrogens with zero attached hydrogens (tertiary/aromatic N) is 3. The molecule has 0 unspecified atom stereocenters. The van der Waals surface area contributed by atoms with Crippen molar-refractivity contribution in [1.82, 2.24) is 24.6 Å². The monoisotopic (exact) mass is 376 g/mol. The molecule has 0 amide bonds. The Labute approximate surface area is 140 Å². The Bertz CT molecular complexity index is 877. The van der Waals surface area contributed by atoms with Crippen LogP contribution in [0.5, 0.6) is 0 Å². The third-order valence-electron chi connectivity index (χ3n) is 3.75. The maximum atomic E-state index is 11.8. The Hall–Kier alpha value is -1.86. The normalized spacial score (nSPS) is 27.2. The van der Waals surface area contributed by atoms with Crippen LogP contribution in [0.1, 0.15) is 6.23 Å². The van der Waals surface area contributed by atoms with E-state index in [1.54, 1.807) is 0 Å². The van der Waals surface area contributed by atoms with Gasteiger partial charge in [-0.1, -0.05) is 0 Å². The number of ether oxygens (including phenoxy) is 2. The minimum atomic E-state index is -4.64. The van der Waals surface area contributed by atoms with E-state index >= 15 is 0 Å². The summed E-state index contributed by atoms with van der Waals surface area (Å²) in [6, 6.07) is -1.12. The highest BCUT2D eigenvalue weighted by Crippen LogP contribution is 2.37. The van der Waals surface area contributed by atoms with Crippen molar-refractivity contribution in [2.45, 2.75) is 24.5 Å². The van der Waals surface area contributed by atoms with E-state index in [9.17, 15) is 14.5 Å². The molecular formula is C11H17N6O7P. The topological polar surface area (TPSA) is 198 Å². The molecule has 7 N–H and O–H groups in total. The summed E-state index contributed by atoms with van der Waals surface area (Å²) in [5.41, 5.74) is 5.02. The summed E-state index contributed by atoms with van der Waals surface area (Å²) >= 11 is 0. The van der Waals surface area contributed by atoms with Gasteiger partial charge in [-0.3, -0.25) is 14.3 Å². The Morgan fingerprint density at radius 2 is 2.28 bits per heavy atom. The van der Waals surface area contributed by atoms with E-state index in [2.05, 4.69) is 15.0 Å². The van der Waals surface area contributed by atoms with Crippen molar-refractivity contribution >= 4 is 24.9 Å². The van der Waals surface area contributed by atoms with Crippen LogP contribution in [0.2, 0.25) is 0 Å². The molecule has 4 atom stereocenters. The fourth-order valence-corrected chi connectivity index (χ4v) is 3.47. The zero-order valence-electron chi connectivity index (χ0n) is 12.9. The SMILES string of the molecule is COC[C@H]1O[C@@H](n2cnc3c(=O)[nH]c(N)nc32)[C@H](O)[C@@H]1NP(=O)(O)O. The summed E-state index contributed by atoms with van der Waals surface area (Å²) in [4.78, 5) is 40.3. The number of nitrogens with two attached hydrogens (primary N) is 1. The van der Waals surface area contributed by atoms with Gasteiger partial charge in [0.2, 0.25) is 5.95 Å². The number of aromatic nitrogens is 4. The van der Waals surface area contributed by atoms with Crippen LogP contribution in [0.3, 0.4) is 0 Å². The van der Waals surface area contributed by atoms with Gasteiger partial charge in [0.25, 0.3) is 5.56 Å². The number of nitrogens with one attached hydrogen (secondary N) is 2. The molecule has 0 aliphatic carbocycles. The lowest BCUT2D eigenvalue weighted by molar-refractivity contribution is -0.0545. The van der Waals surface area contributed by atoms with Gasteiger partial charge in [-0.2, -0.15) is 4.98 Å². The van der Waals surface area contributed by atoms with Crippen molar-refractivity contribution in [2.75, 3.05) is 19.5 Å². The first kappa shape index (κ1) is 17.9. The van der Waals surface area contributed by atoms with Gasteiger partial charge in [0, 0.05) is 7.11 Å². The molecule has 1 saturated heterocycles. The Balaban J connectivity index is 2.00. The highest BCUT2D eigenvalue weighted by Gasteiger charge is 2.47. The van der Waals surface area contributed by atoms with Crippen molar-refractivity contribution in [3.8, 4) is 0 Å². The van der Waals surface area contributed by atoms with Gasteiger partial charge in [0.1, 0.15) is 12.2 Å². The number of rotatable bonds is 5. The van der Waals surface area contributed by atoms with Crippen molar-refractivity contribution < 1.29 is 28.9 Å². The van der Waals surface area contributed by atoms with Gasteiger partial charge in [0.15, 0.2) is 17.4 Å². The number of aliphatic hydroxyl groups excluding tert-OH is 1. The van der Waals surface area contributed by atoms with Gasteiger partial charge in [-0.25, -0.2) is 14.6 Å².